The van der Waals surface area contributed by atoms with E-state index in [0.29, 0.717) is 5.75 Å². The molecule has 0 aliphatic rings. The van der Waals surface area contributed by atoms with Gasteiger partial charge in [0.1, 0.15) is 5.75 Å². The summed E-state index contributed by atoms with van der Waals surface area (Å²) >= 11 is 3.44. The Labute approximate surface area is 121 Å². The van der Waals surface area contributed by atoms with Crippen LogP contribution in [0.4, 0.5) is 0 Å². The predicted octanol–water partition coefficient (Wildman–Crippen LogP) is 3.46. The first-order valence-corrected chi connectivity index (χ1v) is 6.84. The third-order valence-electron chi connectivity index (χ3n) is 2.88. The van der Waals surface area contributed by atoms with Gasteiger partial charge in [0, 0.05) is 18.6 Å². The Hall–Kier alpha value is -1.55. The highest BCUT2D eigenvalue weighted by molar-refractivity contribution is 9.10. The van der Waals surface area contributed by atoms with Crippen LogP contribution in [0.1, 0.15) is 6.92 Å². The Morgan fingerprint density at radius 1 is 1.16 bits per heavy atom. The summed E-state index contributed by atoms with van der Waals surface area (Å²) in [6.07, 6.45) is -0.483. The van der Waals surface area contributed by atoms with Gasteiger partial charge in [-0.05, 0) is 42.0 Å². The number of amides is 1. The number of likely N-dealkylation sites (N-methyl/N-ethyl adjacent to an activating group) is 1. The van der Waals surface area contributed by atoms with Crippen molar-refractivity contribution in [2.75, 3.05) is 14.1 Å². The second-order valence-corrected chi connectivity index (χ2v) is 5.56. The number of carbonyl (C=O) groups excluding carboxylic acids is 1. The lowest BCUT2D eigenvalue weighted by Gasteiger charge is -2.18. The topological polar surface area (TPSA) is 29.5 Å². The van der Waals surface area contributed by atoms with E-state index < -0.39 is 6.10 Å². The fourth-order valence-electron chi connectivity index (χ4n) is 1.89. The van der Waals surface area contributed by atoms with Gasteiger partial charge in [0.05, 0.1) is 0 Å². The Morgan fingerprint density at radius 2 is 1.79 bits per heavy atom. The van der Waals surface area contributed by atoms with E-state index in [-0.39, 0.29) is 5.91 Å². The van der Waals surface area contributed by atoms with Crippen LogP contribution in [0.5, 0.6) is 5.75 Å². The third kappa shape index (κ3) is 3.26. The lowest BCUT2D eigenvalue weighted by Crippen LogP contribution is -2.35. The van der Waals surface area contributed by atoms with E-state index in [2.05, 4.69) is 15.9 Å². The number of nitrogens with zero attached hydrogens (tertiary/aromatic N) is 1. The summed E-state index contributed by atoms with van der Waals surface area (Å²) in [5, 5.41) is 2.22. The zero-order chi connectivity index (χ0) is 14.0. The Kier molecular flexibility index (Phi) is 4.10. The molecule has 0 radical (unpaired) electrons. The molecule has 0 bridgehead atoms. The van der Waals surface area contributed by atoms with Crippen molar-refractivity contribution in [1.82, 2.24) is 4.90 Å². The maximum atomic E-state index is 11.8. The fraction of sp³-hybridized carbons (Fsp3) is 0.267. The SMILES string of the molecule is CC(Oc1ccc2cc(Br)ccc2c1)C(=O)N(C)C. The number of carbonyl (C=O) groups is 1. The van der Waals surface area contributed by atoms with E-state index in [0.717, 1.165) is 15.2 Å². The van der Waals surface area contributed by atoms with Crippen molar-refractivity contribution in [2.24, 2.45) is 0 Å². The van der Waals surface area contributed by atoms with Crippen molar-refractivity contribution >= 4 is 32.6 Å². The molecular formula is C15H16BrNO2. The molecule has 1 unspecified atom stereocenters. The molecule has 1 atom stereocenters. The van der Waals surface area contributed by atoms with E-state index in [1.807, 2.05) is 36.4 Å². The average Bonchev–Trinajstić information content (AvgIpc) is 2.37. The van der Waals surface area contributed by atoms with Crippen molar-refractivity contribution in [2.45, 2.75) is 13.0 Å². The molecule has 2 aromatic carbocycles. The molecule has 0 saturated heterocycles. The van der Waals surface area contributed by atoms with Crippen molar-refractivity contribution in [3.8, 4) is 5.75 Å². The van der Waals surface area contributed by atoms with E-state index in [4.69, 9.17) is 4.74 Å². The summed E-state index contributed by atoms with van der Waals surface area (Å²) in [6.45, 7) is 1.76. The Bertz CT molecular complexity index is 610. The van der Waals surface area contributed by atoms with Gasteiger partial charge in [-0.3, -0.25) is 4.79 Å². The third-order valence-corrected chi connectivity index (χ3v) is 3.37. The normalized spacial score (nSPS) is 12.2. The molecule has 0 aliphatic heterocycles. The molecule has 0 aromatic heterocycles. The second-order valence-electron chi connectivity index (χ2n) is 4.65. The van der Waals surface area contributed by atoms with Crippen LogP contribution in [0.25, 0.3) is 10.8 Å². The molecule has 0 saturated carbocycles. The molecule has 0 fully saturated rings. The van der Waals surface area contributed by atoms with Crippen LogP contribution >= 0.6 is 15.9 Å². The van der Waals surface area contributed by atoms with E-state index in [1.54, 1.807) is 21.0 Å². The number of hydrogen-bond donors (Lipinski definition) is 0. The van der Waals surface area contributed by atoms with E-state index in [1.165, 1.54) is 4.90 Å². The van der Waals surface area contributed by atoms with Gasteiger partial charge in [-0.2, -0.15) is 0 Å². The Balaban J connectivity index is 2.22. The van der Waals surface area contributed by atoms with Crippen LogP contribution in [0.3, 0.4) is 0 Å². The first-order valence-electron chi connectivity index (χ1n) is 6.04. The maximum Gasteiger partial charge on any atom is 0.262 e. The zero-order valence-electron chi connectivity index (χ0n) is 11.2. The zero-order valence-corrected chi connectivity index (χ0v) is 12.8. The number of benzene rings is 2. The highest BCUT2D eigenvalue weighted by atomic mass is 79.9. The summed E-state index contributed by atoms with van der Waals surface area (Å²) in [4.78, 5) is 13.3. The summed E-state index contributed by atoms with van der Waals surface area (Å²) in [5.74, 6) is 0.661. The number of ether oxygens (including phenoxy) is 1. The van der Waals surface area contributed by atoms with Crippen molar-refractivity contribution in [3.05, 3.63) is 40.9 Å². The van der Waals surface area contributed by atoms with Gasteiger partial charge >= 0.3 is 0 Å². The first kappa shape index (κ1) is 13.9. The lowest BCUT2D eigenvalue weighted by molar-refractivity contribution is -0.135. The lowest BCUT2D eigenvalue weighted by atomic mass is 10.1. The van der Waals surface area contributed by atoms with Crippen molar-refractivity contribution < 1.29 is 9.53 Å². The minimum absolute atomic E-state index is 0.0455. The largest absolute Gasteiger partial charge is 0.481 e. The quantitative estimate of drug-likeness (QED) is 0.866. The van der Waals surface area contributed by atoms with Crippen LogP contribution in [0, 0.1) is 0 Å². The van der Waals surface area contributed by atoms with Gasteiger partial charge in [-0.15, -0.1) is 0 Å². The van der Waals surface area contributed by atoms with Crippen LogP contribution in [-0.4, -0.2) is 31.0 Å². The van der Waals surface area contributed by atoms with Crippen LogP contribution in [-0.2, 0) is 4.79 Å². The molecule has 0 heterocycles. The highest BCUT2D eigenvalue weighted by Gasteiger charge is 2.16. The molecule has 1 amide bonds. The van der Waals surface area contributed by atoms with Gasteiger partial charge in [-0.1, -0.05) is 28.1 Å². The van der Waals surface area contributed by atoms with Gasteiger partial charge in [0.15, 0.2) is 6.10 Å². The smallest absolute Gasteiger partial charge is 0.262 e. The van der Waals surface area contributed by atoms with Gasteiger partial charge in [-0.25, -0.2) is 0 Å². The summed E-state index contributed by atoms with van der Waals surface area (Å²) in [7, 11) is 3.44. The average molecular weight is 322 g/mol. The maximum absolute atomic E-state index is 11.8. The second kappa shape index (κ2) is 5.61. The number of fused-ring (bicyclic) bond motifs is 1. The number of halogens is 1. The van der Waals surface area contributed by atoms with Crippen molar-refractivity contribution in [3.63, 3.8) is 0 Å². The van der Waals surface area contributed by atoms with Gasteiger partial charge < -0.3 is 9.64 Å². The van der Waals surface area contributed by atoms with Gasteiger partial charge in [0.25, 0.3) is 5.91 Å². The molecule has 0 aliphatic carbocycles. The van der Waals surface area contributed by atoms with Crippen molar-refractivity contribution in [1.29, 1.82) is 0 Å². The molecule has 100 valence electrons. The first-order chi connectivity index (χ1) is 8.97. The molecule has 0 N–H and O–H groups in total. The molecule has 4 heteroatoms. The van der Waals surface area contributed by atoms with Crippen LogP contribution < -0.4 is 4.74 Å². The van der Waals surface area contributed by atoms with Gasteiger partial charge in [0.2, 0.25) is 0 Å². The monoisotopic (exact) mass is 321 g/mol. The van der Waals surface area contributed by atoms with E-state index >= 15 is 0 Å². The predicted molar refractivity (Wildman–Crippen MR) is 80.4 cm³/mol. The minimum atomic E-state index is -0.483. The molecule has 19 heavy (non-hydrogen) atoms. The standard InChI is InChI=1S/C15H16BrNO2/c1-10(15(18)17(2)3)19-14-7-5-11-8-13(16)6-4-12(11)9-14/h4-10H,1-3H3. The number of hydrogen-bond acceptors (Lipinski definition) is 2. The number of rotatable bonds is 3. The van der Waals surface area contributed by atoms with Crippen LogP contribution in [0.2, 0.25) is 0 Å². The summed E-state index contributed by atoms with van der Waals surface area (Å²) in [6, 6.07) is 11.9. The molecule has 2 aromatic rings. The molecule has 0 spiro atoms. The summed E-state index contributed by atoms with van der Waals surface area (Å²) < 4.78 is 6.72. The Morgan fingerprint density at radius 3 is 2.47 bits per heavy atom. The molecule has 3 nitrogen and oxygen atoms in total. The fourth-order valence-corrected chi connectivity index (χ4v) is 2.26. The molecular weight excluding hydrogens is 306 g/mol. The summed E-state index contributed by atoms with van der Waals surface area (Å²) in [5.41, 5.74) is 0. The molecule has 2 rings (SSSR count). The minimum Gasteiger partial charge on any atom is -0.481 e. The van der Waals surface area contributed by atoms with Crippen LogP contribution in [0.15, 0.2) is 40.9 Å². The van der Waals surface area contributed by atoms with E-state index in [9.17, 15) is 4.79 Å². The highest BCUT2D eigenvalue weighted by Crippen LogP contribution is 2.24.